The second-order valence-corrected chi connectivity index (χ2v) is 5.72. The van der Waals surface area contributed by atoms with E-state index < -0.39 is 6.10 Å². The van der Waals surface area contributed by atoms with Gasteiger partial charge in [0.05, 0.1) is 6.04 Å². The molecule has 100 valence electrons. The van der Waals surface area contributed by atoms with Crippen LogP contribution in [0, 0.1) is 0 Å². The SMILES string of the molecule is CC(C)N1CCCC1c1nnc2n1CCCC2O. The predicted octanol–water partition coefficient (Wildman–Crippen LogP) is 1.65. The molecular formula is C13H22N4O. The molecule has 2 aliphatic heterocycles. The van der Waals surface area contributed by atoms with Gasteiger partial charge in [0.2, 0.25) is 0 Å². The Morgan fingerprint density at radius 1 is 1.11 bits per heavy atom. The van der Waals surface area contributed by atoms with Crippen molar-refractivity contribution in [3.63, 3.8) is 0 Å². The maximum absolute atomic E-state index is 9.96. The zero-order chi connectivity index (χ0) is 12.7. The van der Waals surface area contributed by atoms with Crippen molar-refractivity contribution in [2.24, 2.45) is 0 Å². The summed E-state index contributed by atoms with van der Waals surface area (Å²) in [4.78, 5) is 2.50. The summed E-state index contributed by atoms with van der Waals surface area (Å²) >= 11 is 0. The molecule has 2 aliphatic rings. The van der Waals surface area contributed by atoms with E-state index >= 15 is 0 Å². The molecule has 0 aromatic carbocycles. The predicted molar refractivity (Wildman–Crippen MR) is 68.0 cm³/mol. The number of aliphatic hydroxyl groups excluding tert-OH is 1. The molecule has 1 aromatic heterocycles. The fraction of sp³-hybridized carbons (Fsp3) is 0.846. The molecular weight excluding hydrogens is 228 g/mol. The highest BCUT2D eigenvalue weighted by atomic mass is 16.3. The summed E-state index contributed by atoms with van der Waals surface area (Å²) in [6, 6.07) is 0.926. The van der Waals surface area contributed by atoms with Crippen LogP contribution in [0.3, 0.4) is 0 Å². The van der Waals surface area contributed by atoms with E-state index in [4.69, 9.17) is 0 Å². The molecule has 0 saturated carbocycles. The Bertz CT molecular complexity index is 429. The lowest BCUT2D eigenvalue weighted by Crippen LogP contribution is -2.32. The number of fused-ring (bicyclic) bond motifs is 1. The van der Waals surface area contributed by atoms with E-state index in [1.807, 2.05) is 0 Å². The van der Waals surface area contributed by atoms with Crippen molar-refractivity contribution in [2.75, 3.05) is 6.54 Å². The highest BCUT2D eigenvalue weighted by Gasteiger charge is 2.34. The third-order valence-electron chi connectivity index (χ3n) is 4.22. The minimum atomic E-state index is -0.422. The molecule has 0 spiro atoms. The van der Waals surface area contributed by atoms with Crippen LogP contribution in [0.25, 0.3) is 0 Å². The van der Waals surface area contributed by atoms with Gasteiger partial charge in [0, 0.05) is 12.6 Å². The van der Waals surface area contributed by atoms with Crippen molar-refractivity contribution in [3.8, 4) is 0 Å². The van der Waals surface area contributed by atoms with Crippen molar-refractivity contribution in [1.29, 1.82) is 0 Å². The fourth-order valence-electron chi connectivity index (χ4n) is 3.31. The molecule has 0 aliphatic carbocycles. The van der Waals surface area contributed by atoms with Gasteiger partial charge in [0.15, 0.2) is 11.6 Å². The van der Waals surface area contributed by atoms with E-state index in [1.54, 1.807) is 0 Å². The minimum Gasteiger partial charge on any atom is -0.385 e. The first kappa shape index (κ1) is 12.1. The number of aliphatic hydroxyl groups is 1. The van der Waals surface area contributed by atoms with Crippen molar-refractivity contribution >= 4 is 0 Å². The first-order valence-corrected chi connectivity index (χ1v) is 7.05. The molecule has 1 fully saturated rings. The van der Waals surface area contributed by atoms with Gasteiger partial charge in [-0.05, 0) is 46.1 Å². The zero-order valence-corrected chi connectivity index (χ0v) is 11.2. The normalized spacial score (nSPS) is 28.9. The minimum absolute atomic E-state index is 0.386. The Morgan fingerprint density at radius 2 is 1.83 bits per heavy atom. The van der Waals surface area contributed by atoms with Gasteiger partial charge in [-0.25, -0.2) is 0 Å². The number of hydrogen-bond donors (Lipinski definition) is 1. The Balaban J connectivity index is 1.93. The standard InChI is InChI=1S/C13H22N4O/c1-9(2)16-7-3-5-10(16)12-14-15-13-11(18)6-4-8-17(12)13/h9-11,18H,3-8H2,1-2H3. The lowest BCUT2D eigenvalue weighted by atomic mass is 10.1. The first-order chi connectivity index (χ1) is 8.68. The lowest BCUT2D eigenvalue weighted by Gasteiger charge is -2.29. The Labute approximate surface area is 108 Å². The Morgan fingerprint density at radius 3 is 2.61 bits per heavy atom. The Hall–Kier alpha value is -0.940. The van der Waals surface area contributed by atoms with Gasteiger partial charge in [-0.3, -0.25) is 4.90 Å². The van der Waals surface area contributed by atoms with Crippen molar-refractivity contribution in [3.05, 3.63) is 11.6 Å². The second-order valence-electron chi connectivity index (χ2n) is 5.72. The summed E-state index contributed by atoms with van der Waals surface area (Å²) in [5.41, 5.74) is 0. The summed E-state index contributed by atoms with van der Waals surface area (Å²) in [5.74, 6) is 1.84. The topological polar surface area (TPSA) is 54.2 Å². The molecule has 5 nitrogen and oxygen atoms in total. The molecule has 1 aromatic rings. The highest BCUT2D eigenvalue weighted by Crippen LogP contribution is 2.35. The van der Waals surface area contributed by atoms with Crippen LogP contribution in [-0.2, 0) is 6.54 Å². The summed E-state index contributed by atoms with van der Waals surface area (Å²) in [6.45, 7) is 6.57. The molecule has 18 heavy (non-hydrogen) atoms. The lowest BCUT2D eigenvalue weighted by molar-refractivity contribution is 0.130. The molecule has 3 heterocycles. The molecule has 0 bridgehead atoms. The van der Waals surface area contributed by atoms with Crippen LogP contribution in [0.2, 0.25) is 0 Å². The van der Waals surface area contributed by atoms with Crippen LogP contribution < -0.4 is 0 Å². The van der Waals surface area contributed by atoms with Crippen LogP contribution in [0.15, 0.2) is 0 Å². The first-order valence-electron chi connectivity index (χ1n) is 7.05. The van der Waals surface area contributed by atoms with Crippen LogP contribution in [0.1, 0.15) is 63.3 Å². The average Bonchev–Trinajstić information content (AvgIpc) is 2.94. The maximum Gasteiger partial charge on any atom is 0.162 e. The smallest absolute Gasteiger partial charge is 0.162 e. The molecule has 2 unspecified atom stereocenters. The van der Waals surface area contributed by atoms with E-state index in [2.05, 4.69) is 33.5 Å². The van der Waals surface area contributed by atoms with Crippen molar-refractivity contribution in [2.45, 2.75) is 64.3 Å². The molecule has 3 rings (SSSR count). The van der Waals surface area contributed by atoms with Gasteiger partial charge in [0.1, 0.15) is 6.10 Å². The van der Waals surface area contributed by atoms with Crippen molar-refractivity contribution in [1.82, 2.24) is 19.7 Å². The number of rotatable bonds is 2. The summed E-state index contributed by atoms with van der Waals surface area (Å²) < 4.78 is 2.15. The number of nitrogens with zero attached hydrogens (tertiary/aromatic N) is 4. The number of aromatic nitrogens is 3. The van der Waals surface area contributed by atoms with E-state index in [0.29, 0.717) is 12.1 Å². The Kier molecular flexibility index (Phi) is 3.11. The average molecular weight is 250 g/mol. The van der Waals surface area contributed by atoms with E-state index in [1.165, 1.54) is 6.42 Å². The van der Waals surface area contributed by atoms with E-state index in [0.717, 1.165) is 44.0 Å². The fourth-order valence-corrected chi connectivity index (χ4v) is 3.31. The molecule has 2 atom stereocenters. The monoisotopic (exact) mass is 250 g/mol. The van der Waals surface area contributed by atoms with Gasteiger partial charge in [-0.2, -0.15) is 0 Å². The van der Waals surface area contributed by atoms with Gasteiger partial charge >= 0.3 is 0 Å². The maximum atomic E-state index is 9.96. The molecule has 0 radical (unpaired) electrons. The highest BCUT2D eigenvalue weighted by molar-refractivity contribution is 5.08. The van der Waals surface area contributed by atoms with Gasteiger partial charge in [-0.15, -0.1) is 10.2 Å². The second kappa shape index (κ2) is 4.63. The molecule has 1 N–H and O–H groups in total. The van der Waals surface area contributed by atoms with E-state index in [9.17, 15) is 5.11 Å². The van der Waals surface area contributed by atoms with E-state index in [-0.39, 0.29) is 0 Å². The molecule has 1 saturated heterocycles. The summed E-state index contributed by atoms with van der Waals surface area (Å²) in [6.07, 6.45) is 3.80. The number of likely N-dealkylation sites (tertiary alicyclic amines) is 1. The third kappa shape index (κ3) is 1.86. The largest absolute Gasteiger partial charge is 0.385 e. The third-order valence-corrected chi connectivity index (χ3v) is 4.22. The van der Waals surface area contributed by atoms with Crippen LogP contribution in [-0.4, -0.2) is 37.4 Å². The van der Waals surface area contributed by atoms with Crippen LogP contribution >= 0.6 is 0 Å². The number of hydrogen-bond acceptors (Lipinski definition) is 4. The summed E-state index contributed by atoms with van der Waals surface area (Å²) in [5, 5.41) is 18.5. The molecule has 5 heteroatoms. The zero-order valence-electron chi connectivity index (χ0n) is 11.2. The van der Waals surface area contributed by atoms with Crippen LogP contribution in [0.5, 0.6) is 0 Å². The van der Waals surface area contributed by atoms with Gasteiger partial charge in [0.25, 0.3) is 0 Å². The van der Waals surface area contributed by atoms with Crippen molar-refractivity contribution < 1.29 is 5.11 Å². The molecule has 0 amide bonds. The quantitative estimate of drug-likeness (QED) is 0.867. The van der Waals surface area contributed by atoms with Gasteiger partial charge < -0.3 is 9.67 Å². The van der Waals surface area contributed by atoms with Gasteiger partial charge in [-0.1, -0.05) is 0 Å². The summed E-state index contributed by atoms with van der Waals surface area (Å²) in [7, 11) is 0. The van der Waals surface area contributed by atoms with Crippen LogP contribution in [0.4, 0.5) is 0 Å².